The Balaban J connectivity index is 1.41. The Labute approximate surface area is 174 Å². The van der Waals surface area contributed by atoms with E-state index in [-0.39, 0.29) is 11.5 Å². The lowest BCUT2D eigenvalue weighted by atomic mass is 9.99. The number of halogens is 1. The van der Waals surface area contributed by atoms with Crippen molar-refractivity contribution in [3.05, 3.63) is 40.6 Å². The molecule has 2 amide bonds. The summed E-state index contributed by atoms with van der Waals surface area (Å²) in [7, 11) is 0. The number of nitrogens with one attached hydrogen (secondary N) is 1. The number of carbonyl (C=O) groups excluding carboxylic acids is 2. The summed E-state index contributed by atoms with van der Waals surface area (Å²) in [5, 5.41) is 16.4. The first-order valence-corrected chi connectivity index (χ1v) is 10.2. The van der Waals surface area contributed by atoms with Crippen molar-refractivity contribution < 1.29 is 24.0 Å². The van der Waals surface area contributed by atoms with Crippen LogP contribution in [0.2, 0.25) is 5.02 Å². The molecule has 29 heavy (non-hydrogen) atoms. The van der Waals surface area contributed by atoms with E-state index in [0.29, 0.717) is 28.5 Å². The van der Waals surface area contributed by atoms with Crippen molar-refractivity contribution in [3.63, 3.8) is 0 Å². The van der Waals surface area contributed by atoms with E-state index in [9.17, 15) is 19.5 Å². The maximum Gasteiger partial charge on any atom is 0.331 e. The Morgan fingerprint density at radius 2 is 2.14 bits per heavy atom. The third-order valence-corrected chi connectivity index (χ3v) is 8.09. The number of aliphatic carboxylic acids is 1. The Kier molecular flexibility index (Phi) is 3.68. The van der Waals surface area contributed by atoms with Gasteiger partial charge in [-0.25, -0.2) is 4.79 Å². The standard InChI is InChI=1S/C19H16ClN3O5S/c1-8-11(12(22-28-8)9-5-3-4-6-10(9)20)14(24)21-13-15(25)23-16(13)29-18(2)7-19(18,23)17(26)27/h3-6,13,16H,7H2,1-2H3,(H,21,24)(H,26,27)/t13?,16-,18?,19?/m1/s1. The number of benzene rings is 1. The number of β-lactam (4-membered cyclic amide) rings is 1. The minimum atomic E-state index is -1.16. The Morgan fingerprint density at radius 3 is 2.83 bits per heavy atom. The average molecular weight is 434 g/mol. The molecule has 5 rings (SSSR count). The molecule has 3 unspecified atom stereocenters. The van der Waals surface area contributed by atoms with E-state index in [1.165, 1.54) is 16.7 Å². The maximum atomic E-state index is 13.0. The van der Waals surface area contributed by atoms with Crippen LogP contribution in [0.3, 0.4) is 0 Å². The fourth-order valence-corrected chi connectivity index (χ4v) is 6.55. The van der Waals surface area contributed by atoms with Gasteiger partial charge in [0.25, 0.3) is 5.91 Å². The number of hydrogen-bond acceptors (Lipinski definition) is 6. The highest BCUT2D eigenvalue weighted by Gasteiger charge is 2.85. The lowest BCUT2D eigenvalue weighted by Crippen LogP contribution is -2.72. The Hall–Kier alpha value is -2.52. The van der Waals surface area contributed by atoms with Gasteiger partial charge in [-0.3, -0.25) is 9.59 Å². The van der Waals surface area contributed by atoms with Crippen molar-refractivity contribution in [1.29, 1.82) is 0 Å². The first kappa shape index (κ1) is 18.5. The van der Waals surface area contributed by atoms with Gasteiger partial charge >= 0.3 is 5.97 Å². The van der Waals surface area contributed by atoms with Crippen molar-refractivity contribution in [2.24, 2.45) is 0 Å². The Morgan fingerprint density at radius 1 is 1.41 bits per heavy atom. The molecule has 0 spiro atoms. The molecule has 1 saturated carbocycles. The van der Waals surface area contributed by atoms with Gasteiger partial charge < -0.3 is 19.8 Å². The van der Waals surface area contributed by atoms with Crippen LogP contribution in [0.25, 0.3) is 11.3 Å². The number of amides is 2. The molecule has 3 fully saturated rings. The van der Waals surface area contributed by atoms with Crippen LogP contribution in [-0.2, 0) is 9.59 Å². The predicted molar refractivity (Wildman–Crippen MR) is 105 cm³/mol. The second kappa shape index (κ2) is 5.76. The molecule has 1 aromatic heterocycles. The van der Waals surface area contributed by atoms with Gasteiger partial charge in [-0.15, -0.1) is 11.8 Å². The number of thioether (sulfide) groups is 1. The molecule has 150 valence electrons. The van der Waals surface area contributed by atoms with Crippen LogP contribution in [0.4, 0.5) is 0 Å². The number of carboxylic acids is 1. The molecule has 0 bridgehead atoms. The molecule has 3 heterocycles. The van der Waals surface area contributed by atoms with Gasteiger partial charge in [0.15, 0.2) is 5.54 Å². The van der Waals surface area contributed by atoms with Crippen LogP contribution in [0, 0.1) is 6.92 Å². The van der Waals surface area contributed by atoms with Crippen molar-refractivity contribution >= 4 is 41.1 Å². The van der Waals surface area contributed by atoms with E-state index < -0.39 is 33.6 Å². The number of hydrogen-bond donors (Lipinski definition) is 2. The molecule has 1 aromatic carbocycles. The second-order valence-electron chi connectivity index (χ2n) is 7.68. The second-order valence-corrected chi connectivity index (χ2v) is 9.71. The number of nitrogens with zero attached hydrogens (tertiary/aromatic N) is 2. The zero-order valence-corrected chi connectivity index (χ0v) is 17.0. The van der Waals surface area contributed by atoms with Gasteiger partial charge in [0.05, 0.1) is 9.77 Å². The van der Waals surface area contributed by atoms with Gasteiger partial charge in [-0.05, 0) is 19.9 Å². The molecular formula is C19H16ClN3O5S. The van der Waals surface area contributed by atoms with E-state index in [1.54, 1.807) is 31.2 Å². The number of aryl methyl sites for hydroxylation is 1. The predicted octanol–water partition coefficient (Wildman–Crippen LogP) is 2.30. The highest BCUT2D eigenvalue weighted by atomic mass is 35.5. The zero-order chi connectivity index (χ0) is 20.7. The van der Waals surface area contributed by atoms with Crippen molar-refractivity contribution in [2.45, 2.75) is 42.0 Å². The molecule has 0 radical (unpaired) electrons. The molecular weight excluding hydrogens is 418 g/mol. The van der Waals surface area contributed by atoms with Crippen LogP contribution in [-0.4, -0.2) is 54.6 Å². The average Bonchev–Trinajstić information content (AvgIpc) is 2.99. The number of carboxylic acid groups (broad SMARTS) is 1. The third-order valence-electron chi connectivity index (χ3n) is 6.04. The van der Waals surface area contributed by atoms with Crippen molar-refractivity contribution in [3.8, 4) is 11.3 Å². The fourth-order valence-electron chi connectivity index (χ4n) is 4.41. The van der Waals surface area contributed by atoms with E-state index >= 15 is 0 Å². The topological polar surface area (TPSA) is 113 Å². The summed E-state index contributed by atoms with van der Waals surface area (Å²) in [6, 6.07) is 6.16. The summed E-state index contributed by atoms with van der Waals surface area (Å²) >= 11 is 7.66. The highest BCUT2D eigenvalue weighted by Crippen LogP contribution is 2.71. The van der Waals surface area contributed by atoms with Crippen LogP contribution in [0.5, 0.6) is 0 Å². The largest absolute Gasteiger partial charge is 0.479 e. The molecule has 2 aromatic rings. The SMILES string of the molecule is Cc1onc(-c2ccccc2Cl)c1C(=O)NC1C(=O)N2[C@@H]1SC1(C)CC21C(=O)O. The van der Waals surface area contributed by atoms with E-state index in [2.05, 4.69) is 10.5 Å². The van der Waals surface area contributed by atoms with Crippen LogP contribution in [0.15, 0.2) is 28.8 Å². The molecule has 1 aliphatic carbocycles. The summed E-state index contributed by atoms with van der Waals surface area (Å²) in [6.45, 7) is 3.45. The number of fused-ring (bicyclic) bond motifs is 3. The van der Waals surface area contributed by atoms with Crippen molar-refractivity contribution in [1.82, 2.24) is 15.4 Å². The van der Waals surface area contributed by atoms with E-state index in [0.717, 1.165) is 0 Å². The summed E-state index contributed by atoms with van der Waals surface area (Å²) in [4.78, 5) is 38.9. The summed E-state index contributed by atoms with van der Waals surface area (Å²) in [5.41, 5.74) is -0.107. The summed E-state index contributed by atoms with van der Waals surface area (Å²) < 4.78 is 4.69. The number of rotatable bonds is 4. The van der Waals surface area contributed by atoms with Crippen molar-refractivity contribution in [2.75, 3.05) is 0 Å². The molecule has 2 aliphatic heterocycles. The summed E-state index contributed by atoms with van der Waals surface area (Å²) in [6.07, 6.45) is 0.421. The van der Waals surface area contributed by atoms with Gasteiger partial charge in [0, 0.05) is 12.0 Å². The number of aromatic nitrogens is 1. The van der Waals surface area contributed by atoms with Gasteiger partial charge in [-0.1, -0.05) is 35.0 Å². The molecule has 2 N–H and O–H groups in total. The quantitative estimate of drug-likeness (QED) is 0.711. The zero-order valence-electron chi connectivity index (χ0n) is 15.4. The molecule has 3 aliphatic rings. The smallest absolute Gasteiger partial charge is 0.331 e. The summed E-state index contributed by atoms with van der Waals surface area (Å²) in [5.74, 6) is -1.58. The van der Waals surface area contributed by atoms with E-state index in [4.69, 9.17) is 16.1 Å². The molecule has 8 nitrogen and oxygen atoms in total. The minimum Gasteiger partial charge on any atom is -0.479 e. The van der Waals surface area contributed by atoms with E-state index in [1.807, 2.05) is 6.92 Å². The van der Waals surface area contributed by atoms with Gasteiger partial charge in [0.2, 0.25) is 5.91 Å². The van der Waals surface area contributed by atoms with Gasteiger partial charge in [0.1, 0.15) is 28.4 Å². The molecule has 2 saturated heterocycles. The fraction of sp³-hybridized carbons (Fsp3) is 0.368. The normalized spacial score (nSPS) is 31.7. The minimum absolute atomic E-state index is 0.205. The number of carbonyl (C=O) groups is 3. The maximum absolute atomic E-state index is 13.0. The lowest BCUT2D eigenvalue weighted by Gasteiger charge is -2.45. The molecule has 10 heteroatoms. The van der Waals surface area contributed by atoms with Crippen LogP contribution >= 0.6 is 23.4 Å². The van der Waals surface area contributed by atoms with Crippen LogP contribution in [0.1, 0.15) is 29.5 Å². The monoisotopic (exact) mass is 433 g/mol. The highest BCUT2D eigenvalue weighted by molar-refractivity contribution is 8.02. The lowest BCUT2D eigenvalue weighted by molar-refractivity contribution is -0.162. The third kappa shape index (κ3) is 2.22. The Bertz CT molecular complexity index is 1100. The van der Waals surface area contributed by atoms with Crippen LogP contribution < -0.4 is 5.32 Å². The first-order chi connectivity index (χ1) is 13.7. The first-order valence-electron chi connectivity index (χ1n) is 8.98. The molecule has 4 atom stereocenters. The van der Waals surface area contributed by atoms with Gasteiger partial charge in [-0.2, -0.15) is 0 Å².